The lowest BCUT2D eigenvalue weighted by Gasteiger charge is -2.21. The second-order valence-electron chi connectivity index (χ2n) is 5.06. The zero-order chi connectivity index (χ0) is 13.8. The number of likely N-dealkylation sites (N-methyl/N-ethyl adjacent to an activating group) is 1. The molecule has 1 aliphatic heterocycles. The normalized spacial score (nSPS) is 23.5. The number of aliphatic hydroxyl groups excluding tert-OH is 2. The number of likely N-dealkylation sites (tertiary alicyclic amines) is 1. The summed E-state index contributed by atoms with van der Waals surface area (Å²) in [6, 6.07) is 9.79. The fourth-order valence-corrected chi connectivity index (χ4v) is 2.23. The Labute approximate surface area is 113 Å². The topological polar surface area (TPSA) is 64.0 Å². The first-order valence-electron chi connectivity index (χ1n) is 6.42. The first kappa shape index (κ1) is 14.0. The summed E-state index contributed by atoms with van der Waals surface area (Å²) in [5, 5.41) is 18.9. The third-order valence-corrected chi connectivity index (χ3v) is 3.38. The molecule has 0 radical (unpaired) electrons. The Hall–Kier alpha value is -1.43. The smallest absolute Gasteiger partial charge is 0.236 e. The number of amides is 1. The lowest BCUT2D eigenvalue weighted by molar-refractivity contribution is -0.131. The minimum absolute atomic E-state index is 0.00912. The first-order valence-corrected chi connectivity index (χ1v) is 6.42. The largest absolute Gasteiger partial charge is 0.389 e. The Balaban J connectivity index is 1.83. The van der Waals surface area contributed by atoms with Gasteiger partial charge in [0, 0.05) is 26.7 Å². The Morgan fingerprint density at radius 3 is 2.42 bits per heavy atom. The van der Waals surface area contributed by atoms with E-state index in [1.807, 2.05) is 30.3 Å². The Kier molecular flexibility index (Phi) is 4.52. The number of nitrogens with zero attached hydrogens (tertiary/aromatic N) is 2. The molecule has 1 heterocycles. The highest BCUT2D eigenvalue weighted by atomic mass is 16.3. The Morgan fingerprint density at radius 2 is 1.84 bits per heavy atom. The van der Waals surface area contributed by atoms with Crippen molar-refractivity contribution in [3.05, 3.63) is 35.9 Å². The third kappa shape index (κ3) is 3.76. The van der Waals surface area contributed by atoms with Crippen molar-refractivity contribution in [2.45, 2.75) is 18.8 Å². The van der Waals surface area contributed by atoms with Crippen LogP contribution in [0, 0.1) is 0 Å². The van der Waals surface area contributed by atoms with E-state index in [1.165, 1.54) is 0 Å². The van der Waals surface area contributed by atoms with Crippen molar-refractivity contribution in [2.75, 3.05) is 26.7 Å². The van der Waals surface area contributed by atoms with E-state index in [0.717, 1.165) is 5.56 Å². The molecule has 0 unspecified atom stereocenters. The van der Waals surface area contributed by atoms with E-state index >= 15 is 0 Å². The fourth-order valence-electron chi connectivity index (χ4n) is 2.23. The number of carbonyl (C=O) groups is 1. The number of carbonyl (C=O) groups excluding carboxylic acids is 1. The molecule has 2 N–H and O–H groups in total. The van der Waals surface area contributed by atoms with Crippen molar-refractivity contribution in [3.8, 4) is 0 Å². The zero-order valence-corrected chi connectivity index (χ0v) is 11.1. The van der Waals surface area contributed by atoms with Gasteiger partial charge in [-0.1, -0.05) is 30.3 Å². The van der Waals surface area contributed by atoms with Crippen LogP contribution in [0.5, 0.6) is 0 Å². The monoisotopic (exact) mass is 264 g/mol. The molecule has 1 saturated heterocycles. The lowest BCUT2D eigenvalue weighted by Crippen LogP contribution is -2.37. The molecule has 0 aliphatic carbocycles. The second kappa shape index (κ2) is 6.14. The van der Waals surface area contributed by atoms with Gasteiger partial charge >= 0.3 is 0 Å². The van der Waals surface area contributed by atoms with Crippen molar-refractivity contribution < 1.29 is 15.0 Å². The van der Waals surface area contributed by atoms with E-state index in [1.54, 1.807) is 16.8 Å². The summed E-state index contributed by atoms with van der Waals surface area (Å²) in [5.41, 5.74) is 1.08. The van der Waals surface area contributed by atoms with Gasteiger partial charge in [-0.15, -0.1) is 0 Å². The standard InChI is InChI=1S/C14H20N2O3/c1-15(7-11-5-3-2-4-6-11)14(19)10-16-8-12(17)13(18)9-16/h2-6,12-13,17-18H,7-10H2,1H3/t12-,13+. The number of hydrogen-bond donors (Lipinski definition) is 2. The lowest BCUT2D eigenvalue weighted by atomic mass is 10.2. The maximum absolute atomic E-state index is 12.0. The van der Waals surface area contributed by atoms with Gasteiger partial charge in [0.1, 0.15) is 0 Å². The van der Waals surface area contributed by atoms with Gasteiger partial charge in [-0.3, -0.25) is 9.69 Å². The van der Waals surface area contributed by atoms with Crippen LogP contribution in [0.25, 0.3) is 0 Å². The summed E-state index contributed by atoms with van der Waals surface area (Å²) >= 11 is 0. The molecule has 0 spiro atoms. The van der Waals surface area contributed by atoms with Crippen molar-refractivity contribution in [2.24, 2.45) is 0 Å². The predicted molar refractivity (Wildman–Crippen MR) is 71.4 cm³/mol. The molecule has 104 valence electrons. The minimum atomic E-state index is -0.743. The summed E-state index contributed by atoms with van der Waals surface area (Å²) < 4.78 is 0. The average molecular weight is 264 g/mol. The molecule has 1 amide bonds. The van der Waals surface area contributed by atoms with Gasteiger partial charge in [0.05, 0.1) is 18.8 Å². The van der Waals surface area contributed by atoms with Gasteiger partial charge in [0.2, 0.25) is 5.91 Å². The highest BCUT2D eigenvalue weighted by Gasteiger charge is 2.30. The molecule has 0 saturated carbocycles. The number of rotatable bonds is 4. The molecule has 1 aromatic carbocycles. The van der Waals surface area contributed by atoms with Crippen LogP contribution in [0.1, 0.15) is 5.56 Å². The summed E-state index contributed by atoms with van der Waals surface area (Å²) in [7, 11) is 1.76. The van der Waals surface area contributed by atoms with Crippen molar-refractivity contribution in [1.29, 1.82) is 0 Å². The summed E-state index contributed by atoms with van der Waals surface area (Å²) in [6.07, 6.45) is -1.49. The van der Waals surface area contributed by atoms with Crippen LogP contribution in [-0.4, -0.2) is 64.8 Å². The number of aliphatic hydroxyl groups is 2. The predicted octanol–water partition coefficient (Wildman–Crippen LogP) is -0.318. The van der Waals surface area contributed by atoms with Crippen LogP contribution in [0.15, 0.2) is 30.3 Å². The van der Waals surface area contributed by atoms with Gasteiger partial charge in [-0.25, -0.2) is 0 Å². The van der Waals surface area contributed by atoms with E-state index < -0.39 is 12.2 Å². The molecule has 19 heavy (non-hydrogen) atoms. The van der Waals surface area contributed by atoms with Gasteiger partial charge < -0.3 is 15.1 Å². The summed E-state index contributed by atoms with van der Waals surface area (Å²) in [4.78, 5) is 15.5. The molecule has 1 aromatic rings. The zero-order valence-electron chi connectivity index (χ0n) is 11.1. The van der Waals surface area contributed by atoms with Crippen LogP contribution in [-0.2, 0) is 11.3 Å². The molecule has 1 aliphatic rings. The highest BCUT2D eigenvalue weighted by Crippen LogP contribution is 2.10. The molecular weight excluding hydrogens is 244 g/mol. The van der Waals surface area contributed by atoms with Crippen LogP contribution in [0.3, 0.4) is 0 Å². The maximum Gasteiger partial charge on any atom is 0.236 e. The summed E-state index contributed by atoms with van der Waals surface area (Å²) in [5.74, 6) is -0.00912. The quantitative estimate of drug-likeness (QED) is 0.782. The maximum atomic E-state index is 12.0. The molecule has 0 bridgehead atoms. The summed E-state index contributed by atoms with van der Waals surface area (Å²) in [6.45, 7) is 1.51. The molecule has 2 rings (SSSR count). The third-order valence-electron chi connectivity index (χ3n) is 3.38. The van der Waals surface area contributed by atoms with Crippen LogP contribution in [0.2, 0.25) is 0 Å². The second-order valence-corrected chi connectivity index (χ2v) is 5.06. The molecule has 1 fully saturated rings. The number of β-amino-alcohol motifs (C(OH)–C–C–N with tert-alkyl or cyclic N) is 2. The Morgan fingerprint density at radius 1 is 1.26 bits per heavy atom. The van der Waals surface area contributed by atoms with Gasteiger partial charge in [0.15, 0.2) is 0 Å². The van der Waals surface area contributed by atoms with Crippen molar-refractivity contribution in [1.82, 2.24) is 9.80 Å². The highest BCUT2D eigenvalue weighted by molar-refractivity contribution is 5.78. The molecule has 2 atom stereocenters. The van der Waals surface area contributed by atoms with E-state index in [4.69, 9.17) is 0 Å². The van der Waals surface area contributed by atoms with Crippen LogP contribution >= 0.6 is 0 Å². The number of benzene rings is 1. The van der Waals surface area contributed by atoms with E-state index in [-0.39, 0.29) is 12.5 Å². The van der Waals surface area contributed by atoms with E-state index in [0.29, 0.717) is 19.6 Å². The van der Waals surface area contributed by atoms with Gasteiger partial charge in [-0.2, -0.15) is 0 Å². The van der Waals surface area contributed by atoms with Gasteiger partial charge in [-0.05, 0) is 5.56 Å². The minimum Gasteiger partial charge on any atom is -0.389 e. The average Bonchev–Trinajstić information content (AvgIpc) is 2.69. The van der Waals surface area contributed by atoms with Crippen molar-refractivity contribution in [3.63, 3.8) is 0 Å². The fraction of sp³-hybridized carbons (Fsp3) is 0.500. The number of hydrogen-bond acceptors (Lipinski definition) is 4. The van der Waals surface area contributed by atoms with Crippen LogP contribution in [0.4, 0.5) is 0 Å². The molecular formula is C14H20N2O3. The Bertz CT molecular complexity index is 414. The SMILES string of the molecule is CN(Cc1ccccc1)C(=O)CN1C[C@@H](O)[C@@H](O)C1. The molecule has 5 nitrogen and oxygen atoms in total. The van der Waals surface area contributed by atoms with Crippen molar-refractivity contribution >= 4 is 5.91 Å². The van der Waals surface area contributed by atoms with Gasteiger partial charge in [0.25, 0.3) is 0 Å². The molecule has 5 heteroatoms. The first-order chi connectivity index (χ1) is 9.06. The molecule has 0 aromatic heterocycles. The van der Waals surface area contributed by atoms with Crippen LogP contribution < -0.4 is 0 Å². The van der Waals surface area contributed by atoms with E-state index in [2.05, 4.69) is 0 Å². The van der Waals surface area contributed by atoms with E-state index in [9.17, 15) is 15.0 Å².